The molecule has 0 amide bonds. The molecule has 19 heavy (non-hydrogen) atoms. The highest BCUT2D eigenvalue weighted by Crippen LogP contribution is 2.31. The van der Waals surface area contributed by atoms with E-state index < -0.39 is 0 Å². The van der Waals surface area contributed by atoms with Crippen LogP contribution in [0.3, 0.4) is 0 Å². The first-order valence-electron chi connectivity index (χ1n) is 6.42. The third-order valence-corrected chi connectivity index (χ3v) is 3.46. The van der Waals surface area contributed by atoms with E-state index in [0.717, 1.165) is 11.1 Å². The van der Waals surface area contributed by atoms with Gasteiger partial charge in [-0.1, -0.05) is 36.4 Å². The van der Waals surface area contributed by atoms with Crippen molar-refractivity contribution in [1.82, 2.24) is 4.98 Å². The SMILES string of the molecule is Cc1ccc2ccccc2c1-c1cncc(CN)c1. The Hall–Kier alpha value is -2.19. The lowest BCUT2D eigenvalue weighted by molar-refractivity contribution is 1.05. The summed E-state index contributed by atoms with van der Waals surface area (Å²) in [6, 6.07) is 14.9. The third kappa shape index (κ3) is 2.11. The summed E-state index contributed by atoms with van der Waals surface area (Å²) in [5.41, 5.74) is 10.4. The lowest BCUT2D eigenvalue weighted by Crippen LogP contribution is -1.97. The highest BCUT2D eigenvalue weighted by Gasteiger charge is 2.07. The topological polar surface area (TPSA) is 38.9 Å². The summed E-state index contributed by atoms with van der Waals surface area (Å²) >= 11 is 0. The maximum absolute atomic E-state index is 5.71. The van der Waals surface area contributed by atoms with Gasteiger partial charge in [0.2, 0.25) is 0 Å². The fourth-order valence-corrected chi connectivity index (χ4v) is 2.50. The molecule has 0 saturated heterocycles. The zero-order valence-corrected chi connectivity index (χ0v) is 10.9. The van der Waals surface area contributed by atoms with Crippen LogP contribution in [0.25, 0.3) is 21.9 Å². The highest BCUT2D eigenvalue weighted by atomic mass is 14.6. The third-order valence-electron chi connectivity index (χ3n) is 3.46. The van der Waals surface area contributed by atoms with Crippen LogP contribution in [0.2, 0.25) is 0 Å². The van der Waals surface area contributed by atoms with Crippen LogP contribution >= 0.6 is 0 Å². The maximum Gasteiger partial charge on any atom is 0.0346 e. The Morgan fingerprint density at radius 3 is 2.74 bits per heavy atom. The normalized spacial score (nSPS) is 10.8. The first-order chi connectivity index (χ1) is 9.29. The van der Waals surface area contributed by atoms with Gasteiger partial charge in [-0.25, -0.2) is 0 Å². The van der Waals surface area contributed by atoms with Gasteiger partial charge in [0.05, 0.1) is 0 Å². The first-order valence-corrected chi connectivity index (χ1v) is 6.42. The van der Waals surface area contributed by atoms with Gasteiger partial charge in [-0.3, -0.25) is 4.98 Å². The van der Waals surface area contributed by atoms with Crippen molar-refractivity contribution < 1.29 is 0 Å². The molecule has 2 aromatic carbocycles. The number of pyridine rings is 1. The van der Waals surface area contributed by atoms with Gasteiger partial charge in [-0.05, 0) is 40.5 Å². The molecule has 1 aromatic heterocycles. The predicted octanol–water partition coefficient (Wildman–Crippen LogP) is 3.67. The second-order valence-corrected chi connectivity index (χ2v) is 4.76. The summed E-state index contributed by atoms with van der Waals surface area (Å²) in [5, 5.41) is 2.51. The van der Waals surface area contributed by atoms with Gasteiger partial charge in [0.25, 0.3) is 0 Å². The number of hydrogen-bond acceptors (Lipinski definition) is 2. The molecular formula is C17H16N2. The monoisotopic (exact) mass is 248 g/mol. The minimum absolute atomic E-state index is 0.519. The number of aryl methyl sites for hydroxylation is 1. The van der Waals surface area contributed by atoms with Crippen LogP contribution in [0.1, 0.15) is 11.1 Å². The van der Waals surface area contributed by atoms with Gasteiger partial charge in [0, 0.05) is 24.5 Å². The van der Waals surface area contributed by atoms with Crippen molar-refractivity contribution in [3.63, 3.8) is 0 Å². The molecule has 0 atom stereocenters. The largest absolute Gasteiger partial charge is 0.326 e. The molecule has 2 nitrogen and oxygen atoms in total. The number of nitrogens with zero attached hydrogens (tertiary/aromatic N) is 1. The van der Waals surface area contributed by atoms with E-state index in [1.165, 1.54) is 21.9 Å². The molecular weight excluding hydrogens is 232 g/mol. The zero-order chi connectivity index (χ0) is 13.2. The van der Waals surface area contributed by atoms with Crippen LogP contribution in [0.5, 0.6) is 0 Å². The molecule has 0 bridgehead atoms. The van der Waals surface area contributed by atoms with E-state index in [-0.39, 0.29) is 0 Å². The summed E-state index contributed by atoms with van der Waals surface area (Å²) in [5.74, 6) is 0. The summed E-state index contributed by atoms with van der Waals surface area (Å²) in [6.45, 7) is 2.65. The second kappa shape index (κ2) is 4.82. The molecule has 94 valence electrons. The molecule has 2 N–H and O–H groups in total. The molecule has 0 unspecified atom stereocenters. The minimum atomic E-state index is 0.519. The molecule has 0 fully saturated rings. The predicted molar refractivity (Wildman–Crippen MR) is 79.8 cm³/mol. The van der Waals surface area contributed by atoms with Crippen molar-refractivity contribution in [2.45, 2.75) is 13.5 Å². The molecule has 0 spiro atoms. The van der Waals surface area contributed by atoms with E-state index in [2.05, 4.69) is 54.4 Å². The van der Waals surface area contributed by atoms with Gasteiger partial charge in [-0.15, -0.1) is 0 Å². The zero-order valence-electron chi connectivity index (χ0n) is 10.9. The van der Waals surface area contributed by atoms with E-state index in [0.29, 0.717) is 6.54 Å². The smallest absolute Gasteiger partial charge is 0.0346 e. The molecule has 0 aliphatic heterocycles. The fraction of sp³-hybridized carbons (Fsp3) is 0.118. The number of aromatic nitrogens is 1. The van der Waals surface area contributed by atoms with E-state index in [1.807, 2.05) is 12.4 Å². The minimum Gasteiger partial charge on any atom is -0.326 e. The van der Waals surface area contributed by atoms with Gasteiger partial charge in [0.1, 0.15) is 0 Å². The van der Waals surface area contributed by atoms with Crippen LogP contribution in [-0.2, 0) is 6.54 Å². The van der Waals surface area contributed by atoms with Crippen LogP contribution in [0.4, 0.5) is 0 Å². The van der Waals surface area contributed by atoms with E-state index in [4.69, 9.17) is 5.73 Å². The van der Waals surface area contributed by atoms with E-state index >= 15 is 0 Å². The highest BCUT2D eigenvalue weighted by molar-refractivity contribution is 5.98. The van der Waals surface area contributed by atoms with Gasteiger partial charge in [0.15, 0.2) is 0 Å². The van der Waals surface area contributed by atoms with Crippen LogP contribution in [0.15, 0.2) is 54.9 Å². The maximum atomic E-state index is 5.71. The summed E-state index contributed by atoms with van der Waals surface area (Å²) in [7, 11) is 0. The van der Waals surface area contributed by atoms with Crippen molar-refractivity contribution in [2.24, 2.45) is 5.73 Å². The Balaban J connectivity index is 2.31. The first kappa shape index (κ1) is 11.9. The standard InChI is InChI=1S/C17H16N2/c1-12-6-7-14-4-2-3-5-16(14)17(12)15-8-13(9-18)10-19-11-15/h2-8,10-11H,9,18H2,1H3. The van der Waals surface area contributed by atoms with Crippen LogP contribution < -0.4 is 5.73 Å². The summed E-state index contributed by atoms with van der Waals surface area (Å²) < 4.78 is 0. The average Bonchev–Trinajstić information content (AvgIpc) is 2.47. The number of fused-ring (bicyclic) bond motifs is 1. The van der Waals surface area contributed by atoms with Crippen LogP contribution in [0, 0.1) is 6.92 Å². The van der Waals surface area contributed by atoms with Gasteiger partial charge >= 0.3 is 0 Å². The number of benzene rings is 2. The average molecular weight is 248 g/mol. The second-order valence-electron chi connectivity index (χ2n) is 4.76. The Morgan fingerprint density at radius 2 is 1.89 bits per heavy atom. The molecule has 1 heterocycles. The lowest BCUT2D eigenvalue weighted by Gasteiger charge is -2.11. The van der Waals surface area contributed by atoms with Crippen molar-refractivity contribution in [2.75, 3.05) is 0 Å². The molecule has 2 heteroatoms. The van der Waals surface area contributed by atoms with Crippen molar-refractivity contribution in [1.29, 1.82) is 0 Å². The van der Waals surface area contributed by atoms with Crippen molar-refractivity contribution in [3.8, 4) is 11.1 Å². The Kier molecular flexibility index (Phi) is 3.02. The van der Waals surface area contributed by atoms with Gasteiger partial charge in [-0.2, -0.15) is 0 Å². The molecule has 0 aliphatic carbocycles. The lowest BCUT2D eigenvalue weighted by atomic mass is 9.94. The fourth-order valence-electron chi connectivity index (χ4n) is 2.50. The molecule has 0 saturated carbocycles. The number of nitrogens with two attached hydrogens (primary N) is 1. The summed E-state index contributed by atoms with van der Waals surface area (Å²) in [6.07, 6.45) is 3.73. The molecule has 3 aromatic rings. The molecule has 3 rings (SSSR count). The van der Waals surface area contributed by atoms with Crippen molar-refractivity contribution >= 4 is 10.8 Å². The van der Waals surface area contributed by atoms with E-state index in [9.17, 15) is 0 Å². The number of hydrogen-bond donors (Lipinski definition) is 1. The Morgan fingerprint density at radius 1 is 1.05 bits per heavy atom. The Bertz CT molecular complexity index is 732. The van der Waals surface area contributed by atoms with E-state index in [1.54, 1.807) is 0 Å². The quantitative estimate of drug-likeness (QED) is 0.751. The van der Waals surface area contributed by atoms with Gasteiger partial charge < -0.3 is 5.73 Å². The van der Waals surface area contributed by atoms with Crippen LogP contribution in [-0.4, -0.2) is 4.98 Å². The number of rotatable bonds is 2. The van der Waals surface area contributed by atoms with Crippen molar-refractivity contribution in [3.05, 3.63) is 66.0 Å². The molecule has 0 radical (unpaired) electrons. The molecule has 0 aliphatic rings. The Labute approximate surface area is 112 Å². The summed E-state index contributed by atoms with van der Waals surface area (Å²) in [4.78, 5) is 4.30.